The Morgan fingerprint density at radius 3 is 2.50 bits per heavy atom. The highest BCUT2D eigenvalue weighted by Crippen LogP contribution is 2.27. The van der Waals surface area contributed by atoms with Gasteiger partial charge < -0.3 is 10.6 Å². The lowest BCUT2D eigenvalue weighted by Gasteiger charge is -2.08. The number of rotatable bonds is 7. The molecule has 0 heterocycles. The molecule has 0 radical (unpaired) electrons. The van der Waals surface area contributed by atoms with Crippen molar-refractivity contribution in [1.82, 2.24) is 10.6 Å². The Kier molecular flexibility index (Phi) is 6.83. The monoisotopic (exact) mass is 344 g/mol. The van der Waals surface area contributed by atoms with Gasteiger partial charge in [0.25, 0.3) is 0 Å². The van der Waals surface area contributed by atoms with Crippen LogP contribution in [0.4, 0.5) is 0 Å². The molecule has 0 aliphatic heterocycles. The van der Waals surface area contributed by atoms with Gasteiger partial charge in [0, 0.05) is 6.54 Å². The minimum absolute atomic E-state index is 0. The van der Waals surface area contributed by atoms with Gasteiger partial charge in [0.1, 0.15) is 0 Å². The van der Waals surface area contributed by atoms with Crippen LogP contribution in [0.1, 0.15) is 24.0 Å². The highest BCUT2D eigenvalue weighted by atomic mass is 35.5. The van der Waals surface area contributed by atoms with Crippen molar-refractivity contribution in [2.24, 2.45) is 5.92 Å². The Labute approximate surface area is 150 Å². The van der Waals surface area contributed by atoms with Crippen molar-refractivity contribution in [1.29, 1.82) is 0 Å². The number of amides is 1. The zero-order valence-electron chi connectivity index (χ0n) is 14.0. The first-order chi connectivity index (χ1) is 11.2. The summed E-state index contributed by atoms with van der Waals surface area (Å²) >= 11 is 0. The quantitative estimate of drug-likeness (QED) is 0.804. The molecule has 0 spiro atoms. The van der Waals surface area contributed by atoms with Gasteiger partial charge in [-0.25, -0.2) is 0 Å². The summed E-state index contributed by atoms with van der Waals surface area (Å²) in [6.07, 6.45) is 2.61. The molecule has 0 saturated heterocycles. The molecule has 24 heavy (non-hydrogen) atoms. The van der Waals surface area contributed by atoms with E-state index in [1.165, 1.54) is 29.5 Å². The van der Waals surface area contributed by atoms with Crippen LogP contribution in [0.5, 0.6) is 0 Å². The molecule has 0 aromatic heterocycles. The van der Waals surface area contributed by atoms with Gasteiger partial charge in [-0.1, -0.05) is 54.1 Å². The van der Waals surface area contributed by atoms with E-state index >= 15 is 0 Å². The Balaban J connectivity index is 0.00000208. The lowest BCUT2D eigenvalue weighted by atomic mass is 10.0. The average molecular weight is 345 g/mol. The Hall–Kier alpha value is -1.84. The molecule has 1 saturated carbocycles. The van der Waals surface area contributed by atoms with E-state index in [0.717, 1.165) is 18.0 Å². The standard InChI is InChI=1S/C20H24N2O.ClH/c1-15-3-2-4-19(11-15)18-9-7-17(8-10-18)13-22-20(23)14-21-12-16-5-6-16;/h2-4,7-11,16,21H,5-6,12-14H2,1H3,(H,22,23);1H. The summed E-state index contributed by atoms with van der Waals surface area (Å²) in [7, 11) is 0. The van der Waals surface area contributed by atoms with Gasteiger partial charge >= 0.3 is 0 Å². The molecule has 3 rings (SSSR count). The number of hydrogen-bond donors (Lipinski definition) is 2. The van der Waals surface area contributed by atoms with E-state index in [1.807, 2.05) is 0 Å². The summed E-state index contributed by atoms with van der Waals surface area (Å²) in [6.45, 7) is 4.07. The molecular formula is C20H25ClN2O. The molecule has 1 fully saturated rings. The topological polar surface area (TPSA) is 41.1 Å². The molecular weight excluding hydrogens is 320 g/mol. The summed E-state index contributed by atoms with van der Waals surface area (Å²) in [5.41, 5.74) is 4.81. The predicted octanol–water partition coefficient (Wildman–Crippen LogP) is 3.70. The summed E-state index contributed by atoms with van der Waals surface area (Å²) < 4.78 is 0. The van der Waals surface area contributed by atoms with Gasteiger partial charge in [-0.15, -0.1) is 12.4 Å². The number of halogens is 1. The third kappa shape index (κ3) is 5.66. The van der Waals surface area contributed by atoms with Gasteiger partial charge in [-0.3, -0.25) is 4.79 Å². The molecule has 3 nitrogen and oxygen atoms in total. The second-order valence-electron chi connectivity index (χ2n) is 6.42. The molecule has 128 valence electrons. The Bertz CT molecular complexity index is 666. The van der Waals surface area contributed by atoms with Crippen molar-refractivity contribution in [3.8, 4) is 11.1 Å². The molecule has 2 aromatic carbocycles. The molecule has 2 N–H and O–H groups in total. The zero-order valence-corrected chi connectivity index (χ0v) is 14.9. The summed E-state index contributed by atoms with van der Waals surface area (Å²) in [6, 6.07) is 16.9. The van der Waals surface area contributed by atoms with Crippen LogP contribution in [0.25, 0.3) is 11.1 Å². The second-order valence-corrected chi connectivity index (χ2v) is 6.42. The summed E-state index contributed by atoms with van der Waals surface area (Å²) in [4.78, 5) is 11.8. The molecule has 4 heteroatoms. The zero-order chi connectivity index (χ0) is 16.1. The number of benzene rings is 2. The smallest absolute Gasteiger partial charge is 0.234 e. The van der Waals surface area contributed by atoms with Crippen LogP contribution in [0.3, 0.4) is 0 Å². The van der Waals surface area contributed by atoms with Crippen molar-refractivity contribution in [2.75, 3.05) is 13.1 Å². The minimum atomic E-state index is 0. The van der Waals surface area contributed by atoms with E-state index in [0.29, 0.717) is 13.1 Å². The SMILES string of the molecule is Cc1cccc(-c2ccc(CNC(=O)CNCC3CC3)cc2)c1.Cl. The van der Waals surface area contributed by atoms with Crippen molar-refractivity contribution in [3.63, 3.8) is 0 Å². The van der Waals surface area contributed by atoms with Crippen LogP contribution >= 0.6 is 12.4 Å². The maximum Gasteiger partial charge on any atom is 0.234 e. The Morgan fingerprint density at radius 1 is 1.08 bits per heavy atom. The van der Waals surface area contributed by atoms with Crippen LogP contribution in [0.2, 0.25) is 0 Å². The molecule has 1 aliphatic rings. The Morgan fingerprint density at radius 2 is 1.83 bits per heavy atom. The van der Waals surface area contributed by atoms with Crippen LogP contribution in [0.15, 0.2) is 48.5 Å². The van der Waals surface area contributed by atoms with Crippen LogP contribution < -0.4 is 10.6 Å². The van der Waals surface area contributed by atoms with E-state index in [1.54, 1.807) is 0 Å². The number of aryl methyl sites for hydroxylation is 1. The minimum Gasteiger partial charge on any atom is -0.351 e. The van der Waals surface area contributed by atoms with Crippen molar-refractivity contribution in [3.05, 3.63) is 59.7 Å². The maximum atomic E-state index is 11.8. The number of carbonyl (C=O) groups excluding carboxylic acids is 1. The number of hydrogen-bond acceptors (Lipinski definition) is 2. The van der Waals surface area contributed by atoms with Gasteiger partial charge in [0.2, 0.25) is 5.91 Å². The maximum absolute atomic E-state index is 11.8. The third-order valence-corrected chi connectivity index (χ3v) is 4.21. The molecule has 1 amide bonds. The second kappa shape index (κ2) is 8.86. The predicted molar refractivity (Wildman–Crippen MR) is 101 cm³/mol. The number of carbonyl (C=O) groups is 1. The van der Waals surface area contributed by atoms with Crippen molar-refractivity contribution < 1.29 is 4.79 Å². The fraction of sp³-hybridized carbons (Fsp3) is 0.350. The fourth-order valence-corrected chi connectivity index (χ4v) is 2.61. The van der Waals surface area contributed by atoms with E-state index in [-0.39, 0.29) is 18.3 Å². The summed E-state index contributed by atoms with van der Waals surface area (Å²) in [5.74, 6) is 0.866. The molecule has 0 bridgehead atoms. The highest BCUT2D eigenvalue weighted by molar-refractivity contribution is 5.85. The van der Waals surface area contributed by atoms with Crippen molar-refractivity contribution >= 4 is 18.3 Å². The van der Waals surface area contributed by atoms with Gasteiger partial charge in [0.15, 0.2) is 0 Å². The molecule has 1 aliphatic carbocycles. The molecule has 0 atom stereocenters. The normalized spacial score (nSPS) is 13.2. The van der Waals surface area contributed by atoms with E-state index in [9.17, 15) is 4.79 Å². The lowest BCUT2D eigenvalue weighted by Crippen LogP contribution is -2.34. The van der Waals surface area contributed by atoms with Crippen LogP contribution in [0, 0.1) is 12.8 Å². The van der Waals surface area contributed by atoms with Crippen LogP contribution in [-0.4, -0.2) is 19.0 Å². The van der Waals surface area contributed by atoms with E-state index in [4.69, 9.17) is 0 Å². The third-order valence-electron chi connectivity index (χ3n) is 4.21. The van der Waals surface area contributed by atoms with Gasteiger partial charge in [-0.2, -0.15) is 0 Å². The molecule has 2 aromatic rings. The average Bonchev–Trinajstić information content (AvgIpc) is 3.38. The van der Waals surface area contributed by atoms with Gasteiger partial charge in [0.05, 0.1) is 6.54 Å². The highest BCUT2D eigenvalue weighted by Gasteiger charge is 2.20. The summed E-state index contributed by atoms with van der Waals surface area (Å²) in [5, 5.41) is 6.17. The first-order valence-electron chi connectivity index (χ1n) is 8.34. The van der Waals surface area contributed by atoms with E-state index < -0.39 is 0 Å². The first kappa shape index (κ1) is 18.5. The fourth-order valence-electron chi connectivity index (χ4n) is 2.61. The lowest BCUT2D eigenvalue weighted by molar-refractivity contribution is -0.120. The largest absolute Gasteiger partial charge is 0.351 e. The number of nitrogens with one attached hydrogen (secondary N) is 2. The van der Waals surface area contributed by atoms with Crippen molar-refractivity contribution in [2.45, 2.75) is 26.3 Å². The van der Waals surface area contributed by atoms with Gasteiger partial charge in [-0.05, 0) is 48.9 Å². The van der Waals surface area contributed by atoms with Crippen LogP contribution in [-0.2, 0) is 11.3 Å². The van der Waals surface area contributed by atoms with E-state index in [2.05, 4.69) is 66.1 Å². The first-order valence-corrected chi connectivity index (χ1v) is 8.34. The molecule has 0 unspecified atom stereocenters.